The third kappa shape index (κ3) is 2.74. The molecule has 3 nitrogen and oxygen atoms in total. The Balaban J connectivity index is 2.83. The van der Waals surface area contributed by atoms with Gasteiger partial charge in [-0.15, -0.1) is 0 Å². The molecular weight excluding hydrogens is 202 g/mol. The molecule has 13 heavy (non-hydrogen) atoms. The van der Waals surface area contributed by atoms with E-state index in [1.807, 2.05) is 0 Å². The van der Waals surface area contributed by atoms with Gasteiger partial charge in [-0.25, -0.2) is 8.78 Å². The van der Waals surface area contributed by atoms with Gasteiger partial charge in [0.2, 0.25) is 0 Å². The minimum absolute atomic E-state index is 0.318. The summed E-state index contributed by atoms with van der Waals surface area (Å²) in [5.41, 5.74) is 0. The molecule has 0 aliphatic rings. The summed E-state index contributed by atoms with van der Waals surface area (Å²) in [6.07, 6.45) is 0. The molecule has 0 fully saturated rings. The fourth-order valence-electron chi connectivity index (χ4n) is 0.650. The van der Waals surface area contributed by atoms with Crippen LogP contribution in [-0.4, -0.2) is 11.3 Å². The zero-order valence-corrected chi connectivity index (χ0v) is 7.44. The van der Waals surface area contributed by atoms with E-state index in [9.17, 15) is 13.0 Å². The molecule has 0 saturated carbocycles. The first-order chi connectivity index (χ1) is 6.13. The molecule has 0 bridgehead atoms. The number of benzene rings is 1. The van der Waals surface area contributed by atoms with Crippen LogP contribution in [0, 0.1) is 11.6 Å². The van der Waals surface area contributed by atoms with Crippen LogP contribution in [0.2, 0.25) is 0 Å². The van der Waals surface area contributed by atoms with Crippen molar-refractivity contribution in [2.24, 2.45) is 0 Å². The summed E-state index contributed by atoms with van der Waals surface area (Å²) in [6.45, 7) is 0. The summed E-state index contributed by atoms with van der Waals surface area (Å²) in [6, 6.07) is 2.65. The average Bonchev–Trinajstić information content (AvgIpc) is 2.09. The molecule has 72 valence electrons. The van der Waals surface area contributed by atoms with E-state index in [4.69, 9.17) is 0 Å². The highest BCUT2D eigenvalue weighted by atomic mass is 32.2. The van der Waals surface area contributed by atoms with E-state index in [0.717, 1.165) is 19.2 Å². The fourth-order valence-corrected chi connectivity index (χ4v) is 1.000. The second kappa shape index (κ2) is 4.29. The molecule has 0 aromatic heterocycles. The Bertz CT molecular complexity index is 330. The normalized spacial score (nSPS) is 12.5. The van der Waals surface area contributed by atoms with Gasteiger partial charge in [0.25, 0.3) is 0 Å². The largest absolute Gasteiger partial charge is 0.377 e. The van der Waals surface area contributed by atoms with E-state index in [2.05, 4.69) is 8.37 Å². The van der Waals surface area contributed by atoms with Crippen molar-refractivity contribution in [1.82, 2.24) is 0 Å². The molecule has 1 atom stereocenters. The van der Waals surface area contributed by atoms with Crippen molar-refractivity contribution in [3.8, 4) is 5.75 Å². The topological polar surface area (TPSA) is 35.5 Å². The van der Waals surface area contributed by atoms with E-state index >= 15 is 0 Å². The zero-order chi connectivity index (χ0) is 9.84. The maximum Gasteiger partial charge on any atom is 0.360 e. The lowest BCUT2D eigenvalue weighted by Gasteiger charge is -2.02. The number of halogens is 2. The van der Waals surface area contributed by atoms with Crippen LogP contribution in [-0.2, 0) is 15.5 Å². The zero-order valence-electron chi connectivity index (χ0n) is 6.62. The molecule has 1 rings (SSSR count). The Kier molecular flexibility index (Phi) is 3.32. The molecule has 1 unspecified atom stereocenters. The Morgan fingerprint density at radius 1 is 1.38 bits per heavy atom. The number of rotatable bonds is 3. The van der Waals surface area contributed by atoms with Crippen LogP contribution >= 0.6 is 0 Å². The second-order valence-electron chi connectivity index (χ2n) is 2.03. The van der Waals surface area contributed by atoms with Crippen LogP contribution in [0.4, 0.5) is 8.78 Å². The quantitative estimate of drug-likeness (QED) is 0.756. The summed E-state index contributed by atoms with van der Waals surface area (Å²) in [5.74, 6) is -1.97. The SMILES string of the molecule is COS(=O)Oc1ccc(F)cc1F. The van der Waals surface area contributed by atoms with Crippen LogP contribution < -0.4 is 4.18 Å². The molecule has 0 amide bonds. The molecule has 6 heteroatoms. The summed E-state index contributed by atoms with van der Waals surface area (Å²) >= 11 is -2.06. The maximum absolute atomic E-state index is 12.8. The van der Waals surface area contributed by atoms with E-state index in [0.29, 0.717) is 6.07 Å². The third-order valence-electron chi connectivity index (χ3n) is 1.19. The number of hydrogen-bond acceptors (Lipinski definition) is 3. The number of hydrogen-bond donors (Lipinski definition) is 0. The monoisotopic (exact) mass is 208 g/mol. The summed E-state index contributed by atoms with van der Waals surface area (Å²) in [7, 11) is 1.14. The van der Waals surface area contributed by atoms with Crippen LogP contribution in [0.15, 0.2) is 18.2 Å². The molecule has 0 spiro atoms. The Morgan fingerprint density at radius 3 is 2.62 bits per heavy atom. The van der Waals surface area contributed by atoms with Gasteiger partial charge in [-0.1, -0.05) is 0 Å². The molecule has 0 heterocycles. The molecule has 1 aromatic carbocycles. The van der Waals surface area contributed by atoms with Crippen molar-refractivity contribution >= 4 is 11.4 Å². The minimum Gasteiger partial charge on any atom is -0.377 e. The van der Waals surface area contributed by atoms with E-state index < -0.39 is 23.0 Å². The standard InChI is InChI=1S/C7H6F2O3S/c1-11-13(10)12-7-3-2-5(8)4-6(7)9/h2-4H,1H3. The highest BCUT2D eigenvalue weighted by molar-refractivity contribution is 7.75. The first kappa shape index (κ1) is 10.1. The first-order valence-electron chi connectivity index (χ1n) is 3.23. The van der Waals surface area contributed by atoms with Gasteiger partial charge in [0.15, 0.2) is 11.6 Å². The van der Waals surface area contributed by atoms with Crippen molar-refractivity contribution in [2.45, 2.75) is 0 Å². The highest BCUT2D eigenvalue weighted by Crippen LogP contribution is 2.18. The lowest BCUT2D eigenvalue weighted by atomic mass is 10.3. The summed E-state index contributed by atoms with van der Waals surface area (Å²) in [5, 5.41) is 0. The van der Waals surface area contributed by atoms with Gasteiger partial charge in [-0.3, -0.25) is 4.18 Å². The average molecular weight is 208 g/mol. The van der Waals surface area contributed by atoms with Crippen molar-refractivity contribution in [1.29, 1.82) is 0 Å². The lowest BCUT2D eigenvalue weighted by Crippen LogP contribution is -2.03. The maximum atomic E-state index is 12.8. The van der Waals surface area contributed by atoms with Gasteiger partial charge >= 0.3 is 11.4 Å². The molecular formula is C7H6F2O3S. The minimum atomic E-state index is -2.06. The smallest absolute Gasteiger partial charge is 0.360 e. The van der Waals surface area contributed by atoms with Crippen LogP contribution in [0.3, 0.4) is 0 Å². The van der Waals surface area contributed by atoms with E-state index in [-0.39, 0.29) is 5.75 Å². The molecule has 1 aromatic rings. The van der Waals surface area contributed by atoms with Gasteiger partial charge in [0, 0.05) is 6.07 Å². The van der Waals surface area contributed by atoms with Gasteiger partial charge in [0.1, 0.15) is 5.82 Å². The van der Waals surface area contributed by atoms with Crippen molar-refractivity contribution in [3.05, 3.63) is 29.8 Å². The van der Waals surface area contributed by atoms with Gasteiger partial charge in [-0.05, 0) is 12.1 Å². The molecule has 0 aliphatic carbocycles. The van der Waals surface area contributed by atoms with Gasteiger partial charge in [-0.2, -0.15) is 4.21 Å². The van der Waals surface area contributed by atoms with Gasteiger partial charge in [0.05, 0.1) is 7.11 Å². The van der Waals surface area contributed by atoms with E-state index in [1.165, 1.54) is 0 Å². The van der Waals surface area contributed by atoms with Crippen molar-refractivity contribution in [2.75, 3.05) is 7.11 Å². The summed E-state index contributed by atoms with van der Waals surface area (Å²) in [4.78, 5) is 0. The van der Waals surface area contributed by atoms with Crippen LogP contribution in [0.5, 0.6) is 5.75 Å². The van der Waals surface area contributed by atoms with Crippen LogP contribution in [0.1, 0.15) is 0 Å². The lowest BCUT2D eigenvalue weighted by molar-refractivity contribution is 0.375. The highest BCUT2D eigenvalue weighted by Gasteiger charge is 2.08. The third-order valence-corrected chi connectivity index (χ3v) is 1.78. The van der Waals surface area contributed by atoms with Crippen LogP contribution in [0.25, 0.3) is 0 Å². The second-order valence-corrected chi connectivity index (χ2v) is 2.94. The molecule has 0 N–H and O–H groups in total. The summed E-state index contributed by atoms with van der Waals surface area (Å²) < 4.78 is 44.5. The Hall–Kier alpha value is -1.01. The first-order valence-corrected chi connectivity index (χ1v) is 4.23. The van der Waals surface area contributed by atoms with Gasteiger partial charge < -0.3 is 4.18 Å². The van der Waals surface area contributed by atoms with Crippen molar-refractivity contribution < 1.29 is 21.4 Å². The Labute approximate surface area is 76.1 Å². The Morgan fingerprint density at radius 2 is 2.08 bits per heavy atom. The van der Waals surface area contributed by atoms with E-state index in [1.54, 1.807) is 0 Å². The molecule has 0 saturated heterocycles. The molecule has 0 aliphatic heterocycles. The van der Waals surface area contributed by atoms with Crippen molar-refractivity contribution in [3.63, 3.8) is 0 Å². The predicted octanol–water partition coefficient (Wildman–Crippen LogP) is 1.57. The molecule has 0 radical (unpaired) electrons. The predicted molar refractivity (Wildman–Crippen MR) is 42.1 cm³/mol. The fraction of sp³-hybridized carbons (Fsp3) is 0.143.